The van der Waals surface area contributed by atoms with Gasteiger partial charge in [-0.15, -0.1) is 12.4 Å². The molecule has 0 aliphatic rings. The van der Waals surface area contributed by atoms with Crippen molar-refractivity contribution in [1.29, 1.82) is 0 Å². The lowest BCUT2D eigenvalue weighted by atomic mass is 10.1. The fourth-order valence-corrected chi connectivity index (χ4v) is 3.25. The standard InChI is InChI=1S/C22H21ClN2O2.ClH/c1-25(2)10-5-11-26-21-13-16-7-4-3-6-15(16)12-18(21)22-24-19-14-17(23)8-9-20(19)27-22;/h3-4,6-9,12-14H,5,10-11H2,1-2H3;1H. The molecular weight excluding hydrogens is 395 g/mol. The largest absolute Gasteiger partial charge is 0.493 e. The molecule has 4 aromatic rings. The van der Waals surface area contributed by atoms with Crippen LogP contribution in [0.4, 0.5) is 0 Å². The Balaban J connectivity index is 0.00000225. The first kappa shape index (κ1) is 20.5. The van der Waals surface area contributed by atoms with E-state index in [1.54, 1.807) is 6.07 Å². The minimum Gasteiger partial charge on any atom is -0.493 e. The second-order valence-electron chi connectivity index (χ2n) is 6.83. The van der Waals surface area contributed by atoms with Crippen LogP contribution in [0, 0.1) is 0 Å². The first-order valence-corrected chi connectivity index (χ1v) is 9.35. The lowest BCUT2D eigenvalue weighted by Gasteiger charge is -2.13. The second kappa shape index (κ2) is 8.82. The highest BCUT2D eigenvalue weighted by molar-refractivity contribution is 6.31. The Kier molecular flexibility index (Phi) is 6.45. The summed E-state index contributed by atoms with van der Waals surface area (Å²) < 4.78 is 12.1. The quantitative estimate of drug-likeness (QED) is 0.358. The first-order valence-electron chi connectivity index (χ1n) is 8.97. The first-order chi connectivity index (χ1) is 13.1. The van der Waals surface area contributed by atoms with Gasteiger partial charge in [0.1, 0.15) is 11.3 Å². The van der Waals surface area contributed by atoms with Crippen LogP contribution in [0.2, 0.25) is 5.02 Å². The molecule has 0 aliphatic carbocycles. The lowest BCUT2D eigenvalue weighted by molar-refractivity contribution is 0.282. The maximum absolute atomic E-state index is 6.12. The maximum Gasteiger partial charge on any atom is 0.231 e. The Morgan fingerprint density at radius 3 is 2.54 bits per heavy atom. The van der Waals surface area contributed by atoms with Gasteiger partial charge in [0.15, 0.2) is 5.58 Å². The molecule has 0 amide bonds. The number of halogens is 2. The van der Waals surface area contributed by atoms with E-state index in [9.17, 15) is 0 Å². The van der Waals surface area contributed by atoms with E-state index >= 15 is 0 Å². The zero-order chi connectivity index (χ0) is 18.8. The summed E-state index contributed by atoms with van der Waals surface area (Å²) in [6.45, 7) is 1.61. The predicted octanol–water partition coefficient (Wildman–Crippen LogP) is 6.05. The van der Waals surface area contributed by atoms with Gasteiger partial charge >= 0.3 is 0 Å². The fraction of sp³-hybridized carbons (Fsp3) is 0.227. The van der Waals surface area contributed by atoms with Gasteiger partial charge in [-0.2, -0.15) is 0 Å². The number of benzene rings is 3. The van der Waals surface area contributed by atoms with Crippen molar-refractivity contribution < 1.29 is 9.15 Å². The van der Waals surface area contributed by atoms with Crippen molar-refractivity contribution in [3.8, 4) is 17.2 Å². The Labute approximate surface area is 175 Å². The molecule has 0 saturated carbocycles. The Bertz CT molecular complexity index is 1090. The number of hydrogen-bond acceptors (Lipinski definition) is 4. The summed E-state index contributed by atoms with van der Waals surface area (Å²) in [4.78, 5) is 6.78. The number of hydrogen-bond donors (Lipinski definition) is 0. The van der Waals surface area contributed by atoms with Crippen molar-refractivity contribution in [2.45, 2.75) is 6.42 Å². The smallest absolute Gasteiger partial charge is 0.231 e. The molecule has 0 unspecified atom stereocenters. The van der Waals surface area contributed by atoms with Gasteiger partial charge in [-0.05, 0) is 61.6 Å². The van der Waals surface area contributed by atoms with E-state index in [2.05, 4.69) is 48.2 Å². The van der Waals surface area contributed by atoms with Crippen molar-refractivity contribution >= 4 is 45.9 Å². The molecule has 0 spiro atoms. The summed E-state index contributed by atoms with van der Waals surface area (Å²) in [6, 6.07) is 17.8. The number of nitrogens with zero attached hydrogens (tertiary/aromatic N) is 2. The molecular formula is C22H22Cl2N2O2. The summed E-state index contributed by atoms with van der Waals surface area (Å²) in [6.07, 6.45) is 0.947. The maximum atomic E-state index is 6.12. The van der Waals surface area contributed by atoms with E-state index in [1.807, 2.05) is 24.3 Å². The molecule has 146 valence electrons. The third kappa shape index (κ3) is 4.41. The van der Waals surface area contributed by atoms with Crippen LogP contribution < -0.4 is 4.74 Å². The summed E-state index contributed by atoms with van der Waals surface area (Å²) in [5, 5.41) is 2.89. The van der Waals surface area contributed by atoms with Gasteiger partial charge in [-0.25, -0.2) is 4.98 Å². The molecule has 6 heteroatoms. The van der Waals surface area contributed by atoms with Crippen LogP contribution >= 0.6 is 24.0 Å². The van der Waals surface area contributed by atoms with Crippen LogP contribution in [0.3, 0.4) is 0 Å². The van der Waals surface area contributed by atoms with Crippen molar-refractivity contribution in [2.75, 3.05) is 27.2 Å². The highest BCUT2D eigenvalue weighted by Gasteiger charge is 2.15. The van der Waals surface area contributed by atoms with Crippen LogP contribution in [0.25, 0.3) is 33.3 Å². The van der Waals surface area contributed by atoms with E-state index in [-0.39, 0.29) is 12.4 Å². The monoisotopic (exact) mass is 416 g/mol. The van der Waals surface area contributed by atoms with Gasteiger partial charge in [0.25, 0.3) is 0 Å². The number of rotatable bonds is 6. The molecule has 0 saturated heterocycles. The fourth-order valence-electron chi connectivity index (χ4n) is 3.08. The second-order valence-corrected chi connectivity index (χ2v) is 7.27. The van der Waals surface area contributed by atoms with E-state index < -0.39 is 0 Å². The zero-order valence-corrected chi connectivity index (χ0v) is 17.4. The van der Waals surface area contributed by atoms with E-state index in [1.165, 1.54) is 0 Å². The molecule has 3 aromatic carbocycles. The summed E-state index contributed by atoms with van der Waals surface area (Å²) in [5.74, 6) is 1.32. The Morgan fingerprint density at radius 1 is 1.04 bits per heavy atom. The highest BCUT2D eigenvalue weighted by atomic mass is 35.5. The van der Waals surface area contributed by atoms with Gasteiger partial charge in [0.2, 0.25) is 5.89 Å². The van der Waals surface area contributed by atoms with Gasteiger partial charge in [0, 0.05) is 11.6 Å². The number of ether oxygens (including phenoxy) is 1. The minimum atomic E-state index is 0. The van der Waals surface area contributed by atoms with Gasteiger partial charge in [-0.3, -0.25) is 0 Å². The number of oxazole rings is 1. The molecule has 0 radical (unpaired) electrons. The van der Waals surface area contributed by atoms with Crippen molar-refractivity contribution in [3.63, 3.8) is 0 Å². The Hall–Kier alpha value is -2.27. The van der Waals surface area contributed by atoms with Crippen LogP contribution in [0.15, 0.2) is 59.0 Å². The van der Waals surface area contributed by atoms with E-state index in [4.69, 9.17) is 20.8 Å². The molecule has 1 heterocycles. The predicted molar refractivity (Wildman–Crippen MR) is 118 cm³/mol. The minimum absolute atomic E-state index is 0. The number of fused-ring (bicyclic) bond motifs is 2. The van der Waals surface area contributed by atoms with Crippen molar-refractivity contribution in [3.05, 3.63) is 59.6 Å². The SMILES string of the molecule is CN(C)CCCOc1cc2ccccc2cc1-c1nc2cc(Cl)ccc2o1.Cl. The topological polar surface area (TPSA) is 38.5 Å². The molecule has 0 N–H and O–H groups in total. The van der Waals surface area contributed by atoms with Crippen molar-refractivity contribution in [1.82, 2.24) is 9.88 Å². The number of aromatic nitrogens is 1. The highest BCUT2D eigenvalue weighted by Crippen LogP contribution is 2.36. The molecule has 0 aliphatic heterocycles. The lowest BCUT2D eigenvalue weighted by Crippen LogP contribution is -2.15. The summed E-state index contributed by atoms with van der Waals surface area (Å²) >= 11 is 6.08. The molecule has 28 heavy (non-hydrogen) atoms. The molecule has 0 bridgehead atoms. The third-order valence-electron chi connectivity index (χ3n) is 4.44. The van der Waals surface area contributed by atoms with Crippen LogP contribution in [-0.2, 0) is 0 Å². The van der Waals surface area contributed by atoms with Gasteiger partial charge in [0.05, 0.1) is 12.2 Å². The van der Waals surface area contributed by atoms with Gasteiger partial charge < -0.3 is 14.1 Å². The average molecular weight is 417 g/mol. The zero-order valence-electron chi connectivity index (χ0n) is 15.8. The van der Waals surface area contributed by atoms with E-state index in [0.29, 0.717) is 23.1 Å². The average Bonchev–Trinajstić information content (AvgIpc) is 3.07. The molecule has 0 fully saturated rings. The summed E-state index contributed by atoms with van der Waals surface area (Å²) in [7, 11) is 4.12. The molecule has 4 rings (SSSR count). The van der Waals surface area contributed by atoms with Crippen LogP contribution in [-0.4, -0.2) is 37.1 Å². The molecule has 0 atom stereocenters. The summed E-state index contributed by atoms with van der Waals surface area (Å²) in [5.41, 5.74) is 2.30. The Morgan fingerprint density at radius 2 is 1.79 bits per heavy atom. The third-order valence-corrected chi connectivity index (χ3v) is 4.67. The molecule has 4 nitrogen and oxygen atoms in total. The molecule has 1 aromatic heterocycles. The van der Waals surface area contributed by atoms with Gasteiger partial charge in [-0.1, -0.05) is 35.9 Å². The van der Waals surface area contributed by atoms with Crippen LogP contribution in [0.5, 0.6) is 5.75 Å². The van der Waals surface area contributed by atoms with E-state index in [0.717, 1.165) is 40.6 Å². The normalized spacial score (nSPS) is 11.1. The van der Waals surface area contributed by atoms with Crippen molar-refractivity contribution in [2.24, 2.45) is 0 Å². The van der Waals surface area contributed by atoms with Crippen LogP contribution in [0.1, 0.15) is 6.42 Å².